The fourth-order valence-corrected chi connectivity index (χ4v) is 2.06. The second kappa shape index (κ2) is 10.3. The first kappa shape index (κ1) is 18.6. The van der Waals surface area contributed by atoms with Crippen LogP contribution in [0.1, 0.15) is 5.69 Å². The zero-order valence-corrected chi connectivity index (χ0v) is 12.5. The van der Waals surface area contributed by atoms with Gasteiger partial charge in [-0.2, -0.15) is 0 Å². The summed E-state index contributed by atoms with van der Waals surface area (Å²) in [6.45, 7) is 1.89. The third kappa shape index (κ3) is 6.12. The first-order valence-corrected chi connectivity index (χ1v) is 7.17. The molecule has 0 unspecified atom stereocenters. The minimum atomic E-state index is -0.476. The lowest BCUT2D eigenvalue weighted by molar-refractivity contribution is 0.0857. The lowest BCUT2D eigenvalue weighted by Gasteiger charge is -2.23. The third-order valence-electron chi connectivity index (χ3n) is 3.13. The van der Waals surface area contributed by atoms with Crippen LogP contribution in [0.4, 0.5) is 0 Å². The molecule has 0 aliphatic rings. The van der Waals surface area contributed by atoms with Gasteiger partial charge in [0.2, 0.25) is 5.43 Å². The Morgan fingerprint density at radius 3 is 2.36 bits per heavy atom. The van der Waals surface area contributed by atoms with Gasteiger partial charge >= 0.3 is 0 Å². The summed E-state index contributed by atoms with van der Waals surface area (Å²) in [7, 11) is 0. The predicted molar refractivity (Wildman–Crippen MR) is 79.7 cm³/mol. The zero-order valence-electron chi connectivity index (χ0n) is 12.5. The van der Waals surface area contributed by atoms with E-state index in [0.29, 0.717) is 38.5 Å². The van der Waals surface area contributed by atoms with Crippen LogP contribution in [-0.2, 0) is 17.8 Å². The summed E-state index contributed by atoms with van der Waals surface area (Å²) in [5.74, 6) is -0.346. The Bertz CT molecular complexity index is 485. The molecule has 1 aromatic rings. The van der Waals surface area contributed by atoms with Gasteiger partial charge in [-0.25, -0.2) is 0 Å². The third-order valence-corrected chi connectivity index (χ3v) is 3.13. The minimum Gasteiger partial charge on any atom is -0.503 e. The number of hydrogen-bond donors (Lipinski definition) is 4. The highest BCUT2D eigenvalue weighted by Crippen LogP contribution is 2.08. The molecule has 0 atom stereocenters. The van der Waals surface area contributed by atoms with Crippen molar-refractivity contribution in [2.24, 2.45) is 0 Å². The van der Waals surface area contributed by atoms with E-state index in [1.54, 1.807) is 9.47 Å². The number of ether oxygens (including phenoxy) is 1. The van der Waals surface area contributed by atoms with Gasteiger partial charge in [-0.15, -0.1) is 0 Å². The van der Waals surface area contributed by atoms with E-state index in [9.17, 15) is 9.90 Å². The zero-order chi connectivity index (χ0) is 16.4. The number of aromatic nitrogens is 1. The summed E-state index contributed by atoms with van der Waals surface area (Å²) in [4.78, 5) is 13.4. The number of aliphatic hydroxyl groups is 3. The van der Waals surface area contributed by atoms with Crippen LogP contribution >= 0.6 is 0 Å². The molecule has 0 aliphatic carbocycles. The fourth-order valence-electron chi connectivity index (χ4n) is 2.06. The summed E-state index contributed by atoms with van der Waals surface area (Å²) >= 11 is 0. The van der Waals surface area contributed by atoms with Crippen LogP contribution in [0.3, 0.4) is 0 Å². The first-order chi connectivity index (χ1) is 10.6. The van der Waals surface area contributed by atoms with Crippen LogP contribution in [0.5, 0.6) is 5.75 Å². The van der Waals surface area contributed by atoms with Crippen molar-refractivity contribution in [2.75, 3.05) is 46.1 Å². The molecule has 0 saturated heterocycles. The number of aliphatic hydroxyl groups excluding tert-OH is 3. The molecular weight excluding hydrogens is 292 g/mol. The molecule has 1 rings (SSSR count). The van der Waals surface area contributed by atoms with E-state index in [4.69, 9.17) is 20.1 Å². The Morgan fingerprint density at radius 2 is 1.77 bits per heavy atom. The van der Waals surface area contributed by atoms with Crippen LogP contribution in [0, 0.1) is 0 Å². The predicted octanol–water partition coefficient (Wildman–Crippen LogP) is -1.65. The summed E-state index contributed by atoms with van der Waals surface area (Å²) in [6.07, 6.45) is 1.34. The van der Waals surface area contributed by atoms with Gasteiger partial charge in [0.05, 0.1) is 39.2 Å². The van der Waals surface area contributed by atoms with Crippen LogP contribution in [0.15, 0.2) is 17.1 Å². The monoisotopic (exact) mass is 316 g/mol. The Morgan fingerprint density at radius 1 is 1.09 bits per heavy atom. The molecule has 0 aliphatic heterocycles. The Labute approximate surface area is 128 Å². The van der Waals surface area contributed by atoms with Crippen molar-refractivity contribution in [3.05, 3.63) is 28.2 Å². The summed E-state index contributed by atoms with van der Waals surface area (Å²) in [6, 6.07) is 1.34. The number of pyridine rings is 1. The smallest absolute Gasteiger partial charge is 0.223 e. The Balaban J connectivity index is 2.84. The van der Waals surface area contributed by atoms with Gasteiger partial charge in [0.15, 0.2) is 5.75 Å². The Kier molecular flexibility index (Phi) is 8.71. The van der Waals surface area contributed by atoms with Crippen LogP contribution in [-0.4, -0.2) is 76.0 Å². The quantitative estimate of drug-likeness (QED) is 0.362. The molecule has 0 spiro atoms. The maximum absolute atomic E-state index is 11.6. The molecule has 0 radical (unpaired) electrons. The average Bonchev–Trinajstić information content (AvgIpc) is 2.48. The van der Waals surface area contributed by atoms with Gasteiger partial charge in [-0.1, -0.05) is 0 Å². The molecule has 0 amide bonds. The molecular formula is C14H24N2O6. The molecule has 1 aromatic heterocycles. The number of rotatable bonds is 11. The lowest BCUT2D eigenvalue weighted by Crippen LogP contribution is -2.31. The van der Waals surface area contributed by atoms with Crippen LogP contribution in [0.25, 0.3) is 0 Å². The maximum atomic E-state index is 11.6. The molecule has 0 fully saturated rings. The van der Waals surface area contributed by atoms with Gasteiger partial charge in [-0.3, -0.25) is 9.69 Å². The summed E-state index contributed by atoms with van der Waals surface area (Å²) in [5, 5.41) is 36.3. The standard InChI is InChI=1S/C14H24N2O6/c17-4-1-15(2-5-18)10-12-9-13(20)14(21)11-16(12)3-7-22-8-6-19/h9,11,17-19,21H,1-8,10H2. The Hall–Kier alpha value is -1.45. The topological polar surface area (TPSA) is 115 Å². The van der Waals surface area contributed by atoms with E-state index in [1.807, 2.05) is 0 Å². The van der Waals surface area contributed by atoms with Crippen molar-refractivity contribution in [2.45, 2.75) is 13.1 Å². The number of aromatic hydroxyl groups is 1. The van der Waals surface area contributed by atoms with Gasteiger partial charge in [0.25, 0.3) is 0 Å². The van der Waals surface area contributed by atoms with E-state index in [0.717, 1.165) is 0 Å². The summed E-state index contributed by atoms with van der Waals surface area (Å²) in [5.41, 5.74) is 0.174. The lowest BCUT2D eigenvalue weighted by atomic mass is 10.3. The van der Waals surface area contributed by atoms with Gasteiger partial charge in [-0.05, 0) is 0 Å². The molecule has 8 nitrogen and oxygen atoms in total. The SMILES string of the molecule is O=c1cc(CN(CCO)CCO)n(CCOCCO)cc1O. The maximum Gasteiger partial charge on any atom is 0.223 e. The first-order valence-electron chi connectivity index (χ1n) is 7.17. The van der Waals surface area contributed by atoms with Crippen LogP contribution in [0.2, 0.25) is 0 Å². The molecule has 0 aromatic carbocycles. The largest absolute Gasteiger partial charge is 0.503 e. The van der Waals surface area contributed by atoms with E-state index in [1.165, 1.54) is 12.3 Å². The fraction of sp³-hybridized carbons (Fsp3) is 0.643. The second-order valence-electron chi connectivity index (χ2n) is 4.77. The molecule has 0 bridgehead atoms. The summed E-state index contributed by atoms with van der Waals surface area (Å²) < 4.78 is 6.88. The normalized spacial score (nSPS) is 11.3. The number of hydrogen-bond acceptors (Lipinski definition) is 7. The molecule has 22 heavy (non-hydrogen) atoms. The van der Waals surface area contributed by atoms with E-state index in [-0.39, 0.29) is 32.2 Å². The number of nitrogens with zero attached hydrogens (tertiary/aromatic N) is 2. The van der Waals surface area contributed by atoms with Crippen molar-refractivity contribution in [3.8, 4) is 5.75 Å². The highest BCUT2D eigenvalue weighted by Gasteiger charge is 2.11. The van der Waals surface area contributed by atoms with Crippen molar-refractivity contribution >= 4 is 0 Å². The van der Waals surface area contributed by atoms with Crippen LogP contribution < -0.4 is 5.43 Å². The van der Waals surface area contributed by atoms with Gasteiger partial charge in [0.1, 0.15) is 0 Å². The van der Waals surface area contributed by atoms with Crippen molar-refractivity contribution < 1.29 is 25.2 Å². The van der Waals surface area contributed by atoms with E-state index in [2.05, 4.69) is 0 Å². The highest BCUT2D eigenvalue weighted by molar-refractivity contribution is 5.20. The molecule has 8 heteroatoms. The van der Waals surface area contributed by atoms with Crippen molar-refractivity contribution in [3.63, 3.8) is 0 Å². The molecule has 4 N–H and O–H groups in total. The average molecular weight is 316 g/mol. The molecule has 126 valence electrons. The van der Waals surface area contributed by atoms with Gasteiger partial charge in [0, 0.05) is 37.9 Å². The van der Waals surface area contributed by atoms with E-state index < -0.39 is 5.43 Å². The molecule has 0 saturated carbocycles. The molecule has 1 heterocycles. The highest BCUT2D eigenvalue weighted by atomic mass is 16.5. The second-order valence-corrected chi connectivity index (χ2v) is 4.77. The van der Waals surface area contributed by atoms with Crippen molar-refractivity contribution in [1.82, 2.24) is 9.47 Å². The van der Waals surface area contributed by atoms with Crippen molar-refractivity contribution in [1.29, 1.82) is 0 Å². The van der Waals surface area contributed by atoms with E-state index >= 15 is 0 Å². The van der Waals surface area contributed by atoms with Gasteiger partial charge < -0.3 is 29.7 Å². The minimum absolute atomic E-state index is 0.0536.